The highest BCUT2D eigenvalue weighted by atomic mass is 32.1. The molecule has 1 unspecified atom stereocenters. The van der Waals surface area contributed by atoms with Gasteiger partial charge in [-0.1, -0.05) is 23.4 Å². The van der Waals surface area contributed by atoms with Crippen LogP contribution in [0.3, 0.4) is 0 Å². The maximum atomic E-state index is 12.3. The van der Waals surface area contributed by atoms with E-state index in [1.54, 1.807) is 11.3 Å². The van der Waals surface area contributed by atoms with Gasteiger partial charge in [0.1, 0.15) is 5.75 Å². The Balaban J connectivity index is 1.45. The Morgan fingerprint density at radius 2 is 2.11 bits per heavy atom. The van der Waals surface area contributed by atoms with Gasteiger partial charge in [-0.15, -0.1) is 11.3 Å². The van der Waals surface area contributed by atoms with Crippen molar-refractivity contribution >= 4 is 17.2 Å². The number of aromatic nitrogens is 2. The van der Waals surface area contributed by atoms with Crippen LogP contribution in [-0.2, 0) is 11.2 Å². The molecule has 1 aromatic carbocycles. The Bertz CT molecular complexity index is 890. The van der Waals surface area contributed by atoms with Crippen LogP contribution in [-0.4, -0.2) is 22.2 Å². The summed E-state index contributed by atoms with van der Waals surface area (Å²) >= 11 is 1.57. The molecule has 1 amide bonds. The Kier molecular flexibility index (Phi) is 6.81. The third-order valence-corrected chi connectivity index (χ3v) is 4.98. The molecule has 3 rings (SSSR count). The van der Waals surface area contributed by atoms with Gasteiger partial charge in [0.25, 0.3) is 0 Å². The number of aryl methyl sites for hydroxylation is 1. The number of benzene rings is 1. The van der Waals surface area contributed by atoms with Gasteiger partial charge in [0.15, 0.2) is 0 Å². The zero-order chi connectivity index (χ0) is 19.9. The molecule has 2 aromatic heterocycles. The van der Waals surface area contributed by atoms with E-state index in [0.717, 1.165) is 16.2 Å². The van der Waals surface area contributed by atoms with Crippen molar-refractivity contribution < 1.29 is 14.1 Å². The van der Waals surface area contributed by atoms with E-state index in [1.165, 1.54) is 0 Å². The van der Waals surface area contributed by atoms with Crippen LogP contribution >= 0.6 is 11.3 Å². The first-order valence-electron chi connectivity index (χ1n) is 9.43. The van der Waals surface area contributed by atoms with Gasteiger partial charge >= 0.3 is 0 Å². The van der Waals surface area contributed by atoms with Crippen molar-refractivity contribution in [3.8, 4) is 16.5 Å². The van der Waals surface area contributed by atoms with Crippen molar-refractivity contribution in [3.63, 3.8) is 0 Å². The number of thiophene rings is 1. The molecule has 1 atom stereocenters. The summed E-state index contributed by atoms with van der Waals surface area (Å²) in [6.45, 7) is 5.95. The van der Waals surface area contributed by atoms with Crippen molar-refractivity contribution in [2.75, 3.05) is 0 Å². The van der Waals surface area contributed by atoms with E-state index in [1.807, 2.05) is 62.5 Å². The lowest BCUT2D eigenvalue weighted by Crippen LogP contribution is -2.26. The molecule has 28 heavy (non-hydrogen) atoms. The average molecular weight is 400 g/mol. The van der Waals surface area contributed by atoms with E-state index < -0.39 is 0 Å². The van der Waals surface area contributed by atoms with E-state index in [-0.39, 0.29) is 18.1 Å². The van der Waals surface area contributed by atoms with E-state index in [0.29, 0.717) is 31.0 Å². The topological polar surface area (TPSA) is 77.2 Å². The van der Waals surface area contributed by atoms with E-state index in [4.69, 9.17) is 9.26 Å². The first kappa shape index (κ1) is 20.1. The Labute approximate surface area is 168 Å². The zero-order valence-electron chi connectivity index (χ0n) is 16.3. The molecule has 0 fully saturated rings. The second-order valence-corrected chi connectivity index (χ2v) is 7.82. The summed E-state index contributed by atoms with van der Waals surface area (Å²) in [5, 5.41) is 8.99. The first-order valence-corrected chi connectivity index (χ1v) is 10.3. The molecule has 148 valence electrons. The van der Waals surface area contributed by atoms with E-state index >= 15 is 0 Å². The quantitative estimate of drug-likeness (QED) is 0.560. The van der Waals surface area contributed by atoms with Gasteiger partial charge in [-0.05, 0) is 56.3 Å². The number of nitrogens with one attached hydrogen (secondary N) is 1. The predicted octanol–water partition coefficient (Wildman–Crippen LogP) is 4.79. The highest BCUT2D eigenvalue weighted by Crippen LogP contribution is 2.22. The van der Waals surface area contributed by atoms with Gasteiger partial charge in [0, 0.05) is 12.8 Å². The van der Waals surface area contributed by atoms with E-state index in [9.17, 15) is 4.79 Å². The zero-order valence-corrected chi connectivity index (χ0v) is 17.2. The molecule has 0 aliphatic rings. The van der Waals surface area contributed by atoms with Crippen molar-refractivity contribution in [3.05, 3.63) is 53.2 Å². The summed E-state index contributed by atoms with van der Waals surface area (Å²) in [5.74, 6) is 1.97. The number of rotatable bonds is 9. The molecule has 1 N–H and O–H groups in total. The van der Waals surface area contributed by atoms with Crippen molar-refractivity contribution in [1.29, 1.82) is 0 Å². The largest absolute Gasteiger partial charge is 0.491 e. The maximum Gasteiger partial charge on any atom is 0.226 e. The van der Waals surface area contributed by atoms with Crippen LogP contribution in [0, 0.1) is 0 Å². The van der Waals surface area contributed by atoms with E-state index in [2.05, 4.69) is 15.5 Å². The molecule has 7 heteroatoms. The lowest BCUT2D eigenvalue weighted by Gasteiger charge is -2.16. The number of amides is 1. The molecule has 0 saturated carbocycles. The Hall–Kier alpha value is -2.67. The standard InChI is InChI=1S/C21H25N3O3S/c1-14(2)26-17-8-4-7-16(13-17)15(3)22-19(25)10-5-11-20-23-21(24-27-20)18-9-6-12-28-18/h4,6-9,12-15H,5,10-11H2,1-3H3,(H,22,25). The fraction of sp³-hybridized carbons (Fsp3) is 0.381. The lowest BCUT2D eigenvalue weighted by molar-refractivity contribution is -0.121. The summed E-state index contributed by atoms with van der Waals surface area (Å²) in [4.78, 5) is 17.6. The van der Waals surface area contributed by atoms with Crippen LogP contribution in [0.2, 0.25) is 0 Å². The molecule has 0 radical (unpaired) electrons. The average Bonchev–Trinajstić information content (AvgIpc) is 3.33. The number of carbonyl (C=O) groups excluding carboxylic acids is 1. The van der Waals surface area contributed by atoms with Crippen LogP contribution in [0.1, 0.15) is 51.1 Å². The third-order valence-electron chi connectivity index (χ3n) is 4.11. The van der Waals surface area contributed by atoms with Crippen molar-refractivity contribution in [2.45, 2.75) is 52.2 Å². The number of carbonyl (C=O) groups is 1. The van der Waals surface area contributed by atoms with Gasteiger partial charge in [-0.2, -0.15) is 4.98 Å². The predicted molar refractivity (Wildman–Crippen MR) is 109 cm³/mol. The number of nitrogens with zero attached hydrogens (tertiary/aromatic N) is 2. The molecule has 3 aromatic rings. The summed E-state index contributed by atoms with van der Waals surface area (Å²) in [6.07, 6.45) is 1.76. The first-order chi connectivity index (χ1) is 13.5. The summed E-state index contributed by atoms with van der Waals surface area (Å²) < 4.78 is 11.0. The number of hydrogen-bond donors (Lipinski definition) is 1. The number of hydrogen-bond acceptors (Lipinski definition) is 6. The van der Waals surface area contributed by atoms with Crippen LogP contribution in [0.25, 0.3) is 10.7 Å². The van der Waals surface area contributed by atoms with Gasteiger partial charge in [0.2, 0.25) is 17.6 Å². The second kappa shape index (κ2) is 9.50. The van der Waals surface area contributed by atoms with Crippen molar-refractivity contribution in [2.24, 2.45) is 0 Å². The fourth-order valence-corrected chi connectivity index (χ4v) is 3.44. The normalized spacial score (nSPS) is 12.1. The minimum atomic E-state index is -0.0861. The van der Waals surface area contributed by atoms with Crippen LogP contribution in [0.4, 0.5) is 0 Å². The van der Waals surface area contributed by atoms with Gasteiger partial charge < -0.3 is 14.6 Å². The Morgan fingerprint density at radius 3 is 2.86 bits per heavy atom. The minimum Gasteiger partial charge on any atom is -0.491 e. The number of ether oxygens (including phenoxy) is 1. The maximum absolute atomic E-state index is 12.3. The minimum absolute atomic E-state index is 0.000626. The van der Waals surface area contributed by atoms with Crippen LogP contribution in [0.5, 0.6) is 5.75 Å². The molecule has 0 saturated heterocycles. The summed E-state index contributed by atoms with van der Waals surface area (Å²) in [7, 11) is 0. The van der Waals surface area contributed by atoms with Gasteiger partial charge in [-0.3, -0.25) is 4.79 Å². The fourth-order valence-electron chi connectivity index (χ4n) is 2.79. The van der Waals surface area contributed by atoms with Crippen LogP contribution < -0.4 is 10.1 Å². The van der Waals surface area contributed by atoms with Gasteiger partial charge in [0.05, 0.1) is 17.0 Å². The SMILES string of the molecule is CC(C)Oc1cccc(C(C)NC(=O)CCCc2nc(-c3cccs3)no2)c1. The smallest absolute Gasteiger partial charge is 0.226 e. The lowest BCUT2D eigenvalue weighted by atomic mass is 10.1. The highest BCUT2D eigenvalue weighted by Gasteiger charge is 2.13. The molecule has 0 spiro atoms. The monoisotopic (exact) mass is 399 g/mol. The highest BCUT2D eigenvalue weighted by molar-refractivity contribution is 7.13. The molecule has 0 bridgehead atoms. The molecular formula is C21H25N3O3S. The molecule has 6 nitrogen and oxygen atoms in total. The molecular weight excluding hydrogens is 374 g/mol. The van der Waals surface area contributed by atoms with Crippen LogP contribution in [0.15, 0.2) is 46.3 Å². The summed E-state index contributed by atoms with van der Waals surface area (Å²) in [6, 6.07) is 11.6. The second-order valence-electron chi connectivity index (χ2n) is 6.87. The molecule has 2 heterocycles. The van der Waals surface area contributed by atoms with Crippen molar-refractivity contribution in [1.82, 2.24) is 15.5 Å². The third kappa shape index (κ3) is 5.66. The summed E-state index contributed by atoms with van der Waals surface area (Å²) in [5.41, 5.74) is 1.02. The molecule has 0 aliphatic carbocycles. The Morgan fingerprint density at radius 1 is 1.25 bits per heavy atom. The molecule has 0 aliphatic heterocycles. The van der Waals surface area contributed by atoms with Gasteiger partial charge in [-0.25, -0.2) is 0 Å².